The molecule has 4 atom stereocenters. The number of hydrogen-bond acceptors (Lipinski definition) is 7. The van der Waals surface area contributed by atoms with Gasteiger partial charge in [0.2, 0.25) is 23.6 Å². The fraction of sp³-hybridized carbons (Fsp3) is 0.611. The minimum atomic E-state index is -1.71. The normalized spacial score (nSPS) is 14.3. The summed E-state index contributed by atoms with van der Waals surface area (Å²) < 4.78 is 0. The van der Waals surface area contributed by atoms with Crippen LogP contribution in [0.4, 0.5) is 0 Å². The molecule has 0 aliphatic heterocycles. The van der Waals surface area contributed by atoms with E-state index in [0.29, 0.717) is 0 Å². The molecule has 0 fully saturated rings. The Morgan fingerprint density at radius 3 is 1.56 bits per heavy atom. The Balaban J connectivity index is 5.25. The van der Waals surface area contributed by atoms with Crippen molar-refractivity contribution in [2.24, 2.45) is 5.92 Å². The molecule has 0 aromatic heterocycles. The van der Waals surface area contributed by atoms with Gasteiger partial charge in [-0.25, -0.2) is 4.79 Å². The summed E-state index contributed by atoms with van der Waals surface area (Å²) in [5.74, 6) is -8.29. The SMILES string of the molecule is CC(=O)N[C@@H](CC(=O)O)C(=O)N[C@H](C(=O)N[C@@H](C)C(=O)N[C@@H](CC(=O)O)C(=O)O)C(C)C. The number of nitrogens with one attached hydrogen (secondary N) is 4. The lowest BCUT2D eigenvalue weighted by Gasteiger charge is -2.26. The molecule has 0 radical (unpaired) electrons. The molecule has 0 heterocycles. The second-order valence-electron chi connectivity index (χ2n) is 7.31. The summed E-state index contributed by atoms with van der Waals surface area (Å²) in [6, 6.07) is -5.67. The highest BCUT2D eigenvalue weighted by Gasteiger charge is 2.32. The van der Waals surface area contributed by atoms with Crippen LogP contribution in [0.3, 0.4) is 0 Å². The molecule has 0 aliphatic carbocycles. The molecule has 0 aromatic rings. The van der Waals surface area contributed by atoms with Gasteiger partial charge in [0.15, 0.2) is 0 Å². The smallest absolute Gasteiger partial charge is 0.326 e. The van der Waals surface area contributed by atoms with Gasteiger partial charge in [-0.1, -0.05) is 13.8 Å². The highest BCUT2D eigenvalue weighted by Crippen LogP contribution is 2.05. The first-order valence-corrected chi connectivity index (χ1v) is 9.50. The van der Waals surface area contributed by atoms with Crippen molar-refractivity contribution in [3.63, 3.8) is 0 Å². The molecule has 14 heteroatoms. The van der Waals surface area contributed by atoms with Gasteiger partial charge in [-0.3, -0.25) is 28.8 Å². The third kappa shape index (κ3) is 10.4. The van der Waals surface area contributed by atoms with Gasteiger partial charge in [-0.05, 0) is 12.8 Å². The summed E-state index contributed by atoms with van der Waals surface area (Å²) in [5.41, 5.74) is 0. The van der Waals surface area contributed by atoms with Crippen LogP contribution in [0.15, 0.2) is 0 Å². The van der Waals surface area contributed by atoms with Crippen molar-refractivity contribution in [2.45, 2.75) is 64.7 Å². The number of carbonyl (C=O) groups is 7. The molecule has 32 heavy (non-hydrogen) atoms. The van der Waals surface area contributed by atoms with E-state index in [0.717, 1.165) is 6.92 Å². The van der Waals surface area contributed by atoms with Crippen LogP contribution >= 0.6 is 0 Å². The van der Waals surface area contributed by atoms with Crippen molar-refractivity contribution in [3.8, 4) is 0 Å². The quantitative estimate of drug-likeness (QED) is 0.155. The van der Waals surface area contributed by atoms with Crippen LogP contribution in [0.1, 0.15) is 40.5 Å². The Morgan fingerprint density at radius 1 is 0.656 bits per heavy atom. The third-order valence-corrected chi connectivity index (χ3v) is 4.07. The average Bonchev–Trinajstić information content (AvgIpc) is 2.62. The second kappa shape index (κ2) is 12.9. The maximum atomic E-state index is 12.6. The van der Waals surface area contributed by atoms with Gasteiger partial charge in [-0.2, -0.15) is 0 Å². The molecule has 7 N–H and O–H groups in total. The monoisotopic (exact) mass is 460 g/mol. The van der Waals surface area contributed by atoms with Crippen molar-refractivity contribution in [3.05, 3.63) is 0 Å². The van der Waals surface area contributed by atoms with Gasteiger partial charge < -0.3 is 36.6 Å². The molecule has 0 saturated carbocycles. The lowest BCUT2D eigenvalue weighted by Crippen LogP contribution is -2.58. The molecule has 14 nitrogen and oxygen atoms in total. The third-order valence-electron chi connectivity index (χ3n) is 4.07. The first kappa shape index (κ1) is 28.3. The van der Waals surface area contributed by atoms with Gasteiger partial charge in [0.25, 0.3) is 0 Å². The van der Waals surface area contributed by atoms with E-state index in [9.17, 15) is 33.6 Å². The van der Waals surface area contributed by atoms with Crippen molar-refractivity contribution in [2.75, 3.05) is 0 Å². The Labute approximate surface area is 183 Å². The minimum absolute atomic E-state index is 0.518. The number of amides is 4. The first-order chi connectivity index (χ1) is 14.6. The summed E-state index contributed by atoms with van der Waals surface area (Å²) >= 11 is 0. The number of aliphatic carboxylic acids is 3. The van der Waals surface area contributed by atoms with Gasteiger partial charge in [0.05, 0.1) is 12.8 Å². The molecule has 0 saturated heterocycles. The molecule has 0 aliphatic rings. The Morgan fingerprint density at radius 2 is 1.16 bits per heavy atom. The molecule has 0 rings (SSSR count). The van der Waals surface area contributed by atoms with E-state index in [1.165, 1.54) is 6.92 Å². The maximum absolute atomic E-state index is 12.6. The zero-order chi connectivity index (χ0) is 25.2. The molecule has 0 spiro atoms. The molecule has 4 amide bonds. The number of carboxylic acid groups (broad SMARTS) is 3. The number of carboxylic acids is 3. The fourth-order valence-corrected chi connectivity index (χ4v) is 2.46. The molecule has 0 bridgehead atoms. The van der Waals surface area contributed by atoms with E-state index >= 15 is 0 Å². The van der Waals surface area contributed by atoms with Crippen molar-refractivity contribution < 1.29 is 48.9 Å². The van der Waals surface area contributed by atoms with Gasteiger partial charge in [0, 0.05) is 6.92 Å². The zero-order valence-electron chi connectivity index (χ0n) is 18.0. The van der Waals surface area contributed by atoms with Gasteiger partial charge >= 0.3 is 17.9 Å². The van der Waals surface area contributed by atoms with Crippen molar-refractivity contribution in [1.82, 2.24) is 21.3 Å². The van der Waals surface area contributed by atoms with E-state index in [4.69, 9.17) is 15.3 Å². The molecular weight excluding hydrogens is 432 g/mol. The predicted molar refractivity (Wildman–Crippen MR) is 106 cm³/mol. The predicted octanol–water partition coefficient (Wildman–Crippen LogP) is -2.34. The lowest BCUT2D eigenvalue weighted by molar-refractivity contribution is -0.147. The van der Waals surface area contributed by atoms with E-state index in [2.05, 4.69) is 16.0 Å². The second-order valence-corrected chi connectivity index (χ2v) is 7.31. The fourth-order valence-electron chi connectivity index (χ4n) is 2.46. The maximum Gasteiger partial charge on any atom is 0.326 e. The summed E-state index contributed by atoms with van der Waals surface area (Å²) in [7, 11) is 0. The molecule has 180 valence electrons. The van der Waals surface area contributed by atoms with Crippen molar-refractivity contribution >= 4 is 41.5 Å². The van der Waals surface area contributed by atoms with E-state index in [1.807, 2.05) is 5.32 Å². The Kier molecular flexibility index (Phi) is 11.4. The Hall–Kier alpha value is -3.71. The Bertz CT molecular complexity index is 751. The highest BCUT2D eigenvalue weighted by atomic mass is 16.4. The van der Waals surface area contributed by atoms with E-state index in [1.54, 1.807) is 13.8 Å². The largest absolute Gasteiger partial charge is 0.481 e. The van der Waals surface area contributed by atoms with Gasteiger partial charge in [0.1, 0.15) is 24.2 Å². The van der Waals surface area contributed by atoms with E-state index in [-0.39, 0.29) is 0 Å². The number of hydrogen-bond donors (Lipinski definition) is 7. The summed E-state index contributed by atoms with van der Waals surface area (Å²) in [6.07, 6.45) is -1.60. The topological polar surface area (TPSA) is 228 Å². The molecule has 0 aromatic carbocycles. The van der Waals surface area contributed by atoms with Crippen LogP contribution < -0.4 is 21.3 Å². The van der Waals surface area contributed by atoms with Crippen LogP contribution in [0.25, 0.3) is 0 Å². The average molecular weight is 460 g/mol. The zero-order valence-corrected chi connectivity index (χ0v) is 18.0. The number of rotatable bonds is 13. The molecular formula is C18H28N4O10. The summed E-state index contributed by atoms with van der Waals surface area (Å²) in [4.78, 5) is 81.1. The van der Waals surface area contributed by atoms with Crippen molar-refractivity contribution in [1.29, 1.82) is 0 Å². The van der Waals surface area contributed by atoms with Crippen LogP contribution in [-0.2, 0) is 33.6 Å². The highest BCUT2D eigenvalue weighted by molar-refractivity contribution is 5.96. The van der Waals surface area contributed by atoms with Gasteiger partial charge in [-0.15, -0.1) is 0 Å². The summed E-state index contributed by atoms with van der Waals surface area (Å²) in [5, 5.41) is 35.4. The van der Waals surface area contributed by atoms with Crippen LogP contribution in [0, 0.1) is 5.92 Å². The minimum Gasteiger partial charge on any atom is -0.481 e. The standard InChI is InChI=1S/C18H28N4O10/c1-7(2)14(22-16(29)10(5-12(24)25)20-9(4)23)17(30)19-8(3)15(28)21-11(18(31)32)6-13(26)27/h7-8,10-11,14H,5-6H2,1-4H3,(H,19,30)(H,20,23)(H,21,28)(H,22,29)(H,24,25)(H,26,27)(H,31,32)/t8-,10-,11-,14-/m0/s1. The van der Waals surface area contributed by atoms with Crippen LogP contribution in [-0.4, -0.2) is 81.0 Å². The van der Waals surface area contributed by atoms with Crippen LogP contribution in [0.5, 0.6) is 0 Å². The van der Waals surface area contributed by atoms with E-state index < -0.39 is 84.5 Å². The lowest BCUT2D eigenvalue weighted by atomic mass is 10.0. The molecule has 0 unspecified atom stereocenters. The summed E-state index contributed by atoms with van der Waals surface area (Å²) in [6.45, 7) is 5.43. The number of carbonyl (C=O) groups excluding carboxylic acids is 4. The first-order valence-electron chi connectivity index (χ1n) is 9.50. The van der Waals surface area contributed by atoms with Crippen LogP contribution in [0.2, 0.25) is 0 Å².